The molecule has 12 heavy (non-hydrogen) atoms. The van der Waals surface area contributed by atoms with Crippen molar-refractivity contribution < 1.29 is 10.1 Å². The van der Waals surface area contributed by atoms with Crippen LogP contribution >= 0.6 is 0 Å². The molecule has 5 nitrogen and oxygen atoms in total. The Hall–Kier alpha value is -1.91. The normalized spacial score (nSPS) is 10.3. The summed E-state index contributed by atoms with van der Waals surface area (Å²) in [5.74, 6) is 0. The molecule has 0 bridgehead atoms. The minimum atomic E-state index is -0.486. The molecule has 0 radical (unpaired) electrons. The van der Waals surface area contributed by atoms with Gasteiger partial charge in [0.1, 0.15) is 0 Å². The quantitative estimate of drug-likeness (QED) is 0.312. The summed E-state index contributed by atoms with van der Waals surface area (Å²) in [5.41, 5.74) is 0.633. The zero-order valence-electron chi connectivity index (χ0n) is 6.04. The molecule has 0 atom stereocenters. The number of nitro benzene ring substituents is 1. The van der Waals surface area contributed by atoms with E-state index in [4.69, 9.17) is 5.21 Å². The summed E-state index contributed by atoms with van der Waals surface area (Å²) in [5, 5.41) is 21.1. The Balaban J connectivity index is 2.93. The Bertz CT molecular complexity index is 305. The summed E-state index contributed by atoms with van der Waals surface area (Å²) in [6, 6.07) is 5.68. The van der Waals surface area contributed by atoms with Crippen LogP contribution in [0.25, 0.3) is 0 Å². The number of benzene rings is 1. The van der Waals surface area contributed by atoms with Crippen molar-refractivity contribution in [1.82, 2.24) is 0 Å². The molecule has 0 unspecified atom stereocenters. The van der Waals surface area contributed by atoms with Crippen LogP contribution in [0.1, 0.15) is 5.56 Å². The Labute approximate surface area is 68.1 Å². The lowest BCUT2D eigenvalue weighted by molar-refractivity contribution is -0.384. The average molecular weight is 166 g/mol. The lowest BCUT2D eigenvalue weighted by atomic mass is 10.2. The molecule has 0 saturated heterocycles. The molecular formula is C7H6N2O3. The van der Waals surface area contributed by atoms with E-state index < -0.39 is 4.92 Å². The molecule has 0 aliphatic rings. The highest BCUT2D eigenvalue weighted by atomic mass is 16.6. The Kier molecular flexibility index (Phi) is 2.37. The van der Waals surface area contributed by atoms with E-state index >= 15 is 0 Å². The van der Waals surface area contributed by atoms with Gasteiger partial charge >= 0.3 is 0 Å². The van der Waals surface area contributed by atoms with Crippen molar-refractivity contribution in [2.24, 2.45) is 5.16 Å². The highest BCUT2D eigenvalue weighted by molar-refractivity contribution is 5.79. The maximum atomic E-state index is 10.2. The first-order valence-electron chi connectivity index (χ1n) is 3.16. The van der Waals surface area contributed by atoms with Gasteiger partial charge in [-0.1, -0.05) is 5.16 Å². The maximum absolute atomic E-state index is 10.2. The highest BCUT2D eigenvalue weighted by Crippen LogP contribution is 2.10. The number of hydrogen-bond donors (Lipinski definition) is 1. The lowest BCUT2D eigenvalue weighted by Crippen LogP contribution is -1.88. The van der Waals surface area contributed by atoms with Gasteiger partial charge < -0.3 is 5.21 Å². The minimum Gasteiger partial charge on any atom is -0.411 e. The van der Waals surface area contributed by atoms with Gasteiger partial charge in [0.15, 0.2) is 0 Å². The second kappa shape index (κ2) is 3.47. The Morgan fingerprint density at radius 3 is 2.42 bits per heavy atom. The molecular weight excluding hydrogens is 160 g/mol. The number of non-ortho nitro benzene ring substituents is 1. The van der Waals surface area contributed by atoms with E-state index in [-0.39, 0.29) is 5.69 Å². The predicted molar refractivity (Wildman–Crippen MR) is 42.5 cm³/mol. The first-order chi connectivity index (χ1) is 5.74. The summed E-state index contributed by atoms with van der Waals surface area (Å²) in [7, 11) is 0. The van der Waals surface area contributed by atoms with E-state index in [0.29, 0.717) is 5.56 Å². The van der Waals surface area contributed by atoms with Gasteiger partial charge in [0, 0.05) is 12.1 Å². The molecule has 1 aromatic carbocycles. The zero-order valence-corrected chi connectivity index (χ0v) is 6.04. The third-order valence-electron chi connectivity index (χ3n) is 1.31. The number of oxime groups is 1. The van der Waals surface area contributed by atoms with Crippen molar-refractivity contribution in [3.05, 3.63) is 39.9 Å². The summed E-state index contributed by atoms with van der Waals surface area (Å²) in [4.78, 5) is 9.71. The molecule has 0 fully saturated rings. The van der Waals surface area contributed by atoms with Crippen molar-refractivity contribution in [2.45, 2.75) is 0 Å². The fourth-order valence-electron chi connectivity index (χ4n) is 0.749. The minimum absolute atomic E-state index is 0.0186. The third kappa shape index (κ3) is 1.79. The van der Waals surface area contributed by atoms with E-state index in [2.05, 4.69) is 5.16 Å². The van der Waals surface area contributed by atoms with Crippen molar-refractivity contribution in [3.8, 4) is 0 Å². The second-order valence-corrected chi connectivity index (χ2v) is 2.09. The Morgan fingerprint density at radius 2 is 2.00 bits per heavy atom. The van der Waals surface area contributed by atoms with E-state index in [1.807, 2.05) is 0 Å². The van der Waals surface area contributed by atoms with Crippen LogP contribution in [0.5, 0.6) is 0 Å². The number of rotatable bonds is 2. The van der Waals surface area contributed by atoms with Crippen LogP contribution in [0.3, 0.4) is 0 Å². The average Bonchev–Trinajstić information content (AvgIpc) is 2.06. The maximum Gasteiger partial charge on any atom is 0.269 e. The molecule has 1 aromatic rings. The van der Waals surface area contributed by atoms with E-state index in [1.165, 1.54) is 30.5 Å². The van der Waals surface area contributed by atoms with E-state index in [0.717, 1.165) is 0 Å². The zero-order chi connectivity index (χ0) is 8.97. The molecule has 62 valence electrons. The standard InChI is InChI=1S/C7H6N2O3/c10-8-5-6-1-3-7(4-2-6)9(11)12/h1-5,10H/b8-5+. The molecule has 0 amide bonds. The fourth-order valence-corrected chi connectivity index (χ4v) is 0.749. The summed E-state index contributed by atoms with van der Waals surface area (Å²) in [6.07, 6.45) is 1.20. The number of hydrogen-bond acceptors (Lipinski definition) is 4. The monoisotopic (exact) mass is 166 g/mol. The van der Waals surface area contributed by atoms with E-state index in [1.54, 1.807) is 0 Å². The lowest BCUT2D eigenvalue weighted by Gasteiger charge is -1.90. The highest BCUT2D eigenvalue weighted by Gasteiger charge is 2.01. The third-order valence-corrected chi connectivity index (χ3v) is 1.31. The molecule has 1 N–H and O–H groups in total. The number of nitro groups is 1. The van der Waals surface area contributed by atoms with Crippen LogP contribution in [0.2, 0.25) is 0 Å². The van der Waals surface area contributed by atoms with Crippen LogP contribution in [0.15, 0.2) is 29.4 Å². The van der Waals surface area contributed by atoms with Crippen LogP contribution < -0.4 is 0 Å². The molecule has 0 heterocycles. The van der Waals surface area contributed by atoms with Crippen molar-refractivity contribution in [1.29, 1.82) is 0 Å². The second-order valence-electron chi connectivity index (χ2n) is 2.09. The fraction of sp³-hybridized carbons (Fsp3) is 0. The summed E-state index contributed by atoms with van der Waals surface area (Å²) < 4.78 is 0. The molecule has 0 aliphatic heterocycles. The van der Waals surface area contributed by atoms with Gasteiger partial charge in [0.05, 0.1) is 11.1 Å². The van der Waals surface area contributed by atoms with Crippen LogP contribution in [-0.4, -0.2) is 16.3 Å². The molecule has 0 aliphatic carbocycles. The number of nitrogens with zero attached hydrogens (tertiary/aromatic N) is 2. The summed E-state index contributed by atoms with van der Waals surface area (Å²) in [6.45, 7) is 0. The largest absolute Gasteiger partial charge is 0.411 e. The molecule has 5 heteroatoms. The van der Waals surface area contributed by atoms with Crippen LogP contribution in [0.4, 0.5) is 5.69 Å². The van der Waals surface area contributed by atoms with Gasteiger partial charge in [-0.3, -0.25) is 10.1 Å². The summed E-state index contributed by atoms with van der Waals surface area (Å²) >= 11 is 0. The molecule has 0 aromatic heterocycles. The van der Waals surface area contributed by atoms with E-state index in [9.17, 15) is 10.1 Å². The SMILES string of the molecule is O=[N+]([O-])c1ccc(/C=N/O)cc1. The van der Waals surface area contributed by atoms with Gasteiger partial charge in [0.2, 0.25) is 0 Å². The van der Waals surface area contributed by atoms with Crippen molar-refractivity contribution >= 4 is 11.9 Å². The van der Waals surface area contributed by atoms with Gasteiger partial charge in [-0.15, -0.1) is 0 Å². The van der Waals surface area contributed by atoms with Gasteiger partial charge in [-0.2, -0.15) is 0 Å². The van der Waals surface area contributed by atoms with Crippen molar-refractivity contribution in [3.63, 3.8) is 0 Å². The predicted octanol–water partition coefficient (Wildman–Crippen LogP) is 1.40. The molecule has 0 saturated carbocycles. The topological polar surface area (TPSA) is 75.7 Å². The smallest absolute Gasteiger partial charge is 0.269 e. The molecule has 0 spiro atoms. The van der Waals surface area contributed by atoms with Crippen LogP contribution in [0, 0.1) is 10.1 Å². The van der Waals surface area contributed by atoms with Gasteiger partial charge in [0.25, 0.3) is 5.69 Å². The molecule has 1 rings (SSSR count). The first-order valence-corrected chi connectivity index (χ1v) is 3.16. The van der Waals surface area contributed by atoms with Crippen molar-refractivity contribution in [2.75, 3.05) is 0 Å². The van der Waals surface area contributed by atoms with Gasteiger partial charge in [-0.25, -0.2) is 0 Å². The van der Waals surface area contributed by atoms with Gasteiger partial charge in [-0.05, 0) is 17.7 Å². The van der Waals surface area contributed by atoms with Crippen LogP contribution in [-0.2, 0) is 0 Å². The Morgan fingerprint density at radius 1 is 1.42 bits per heavy atom. The first kappa shape index (κ1) is 8.19.